The molecule has 0 saturated heterocycles. The zero-order chi connectivity index (χ0) is 14.2. The summed E-state index contributed by atoms with van der Waals surface area (Å²) in [6.07, 6.45) is 0. The highest BCUT2D eigenvalue weighted by molar-refractivity contribution is 9.10. The van der Waals surface area contributed by atoms with Gasteiger partial charge in [0, 0.05) is 4.47 Å². The van der Waals surface area contributed by atoms with E-state index in [1.807, 2.05) is 48.5 Å². The molecule has 7 heteroatoms. The Bertz CT molecular complexity index is 893. The maximum atomic E-state index is 4.53. The van der Waals surface area contributed by atoms with Crippen molar-refractivity contribution in [1.82, 2.24) is 30.2 Å². The van der Waals surface area contributed by atoms with Crippen LogP contribution in [-0.2, 0) is 0 Å². The largest absolute Gasteiger partial charge is 0.335 e. The molecule has 4 rings (SSSR count). The van der Waals surface area contributed by atoms with Crippen LogP contribution in [0.1, 0.15) is 0 Å². The molecular formula is C14H9BrN6. The Labute approximate surface area is 128 Å². The average molecular weight is 341 g/mol. The first-order valence-corrected chi connectivity index (χ1v) is 7.10. The van der Waals surface area contributed by atoms with E-state index in [1.54, 1.807) is 4.68 Å². The minimum Gasteiger partial charge on any atom is -0.335 e. The van der Waals surface area contributed by atoms with E-state index >= 15 is 0 Å². The zero-order valence-electron chi connectivity index (χ0n) is 10.7. The summed E-state index contributed by atoms with van der Waals surface area (Å²) in [6.45, 7) is 0. The van der Waals surface area contributed by atoms with Gasteiger partial charge in [-0.15, -0.1) is 5.10 Å². The predicted molar refractivity (Wildman–Crippen MR) is 81.9 cm³/mol. The molecule has 0 fully saturated rings. The van der Waals surface area contributed by atoms with Gasteiger partial charge in [-0.1, -0.05) is 34.1 Å². The van der Waals surface area contributed by atoms with Crippen LogP contribution < -0.4 is 0 Å². The van der Waals surface area contributed by atoms with Crippen LogP contribution in [0.2, 0.25) is 0 Å². The van der Waals surface area contributed by atoms with Gasteiger partial charge in [-0.3, -0.25) is 0 Å². The van der Waals surface area contributed by atoms with Crippen LogP contribution in [-0.4, -0.2) is 30.2 Å². The number of aromatic nitrogens is 6. The van der Waals surface area contributed by atoms with Crippen LogP contribution in [0.5, 0.6) is 0 Å². The normalized spacial score (nSPS) is 11.1. The molecule has 0 amide bonds. The maximum Gasteiger partial charge on any atom is 0.222 e. The number of nitrogens with one attached hydrogen (secondary N) is 1. The molecule has 2 heterocycles. The van der Waals surface area contributed by atoms with Gasteiger partial charge in [0.15, 0.2) is 5.82 Å². The third-order valence-electron chi connectivity index (χ3n) is 3.12. The van der Waals surface area contributed by atoms with Crippen molar-refractivity contribution in [1.29, 1.82) is 0 Å². The van der Waals surface area contributed by atoms with Crippen molar-refractivity contribution >= 4 is 27.0 Å². The van der Waals surface area contributed by atoms with E-state index in [0.717, 1.165) is 21.2 Å². The fourth-order valence-electron chi connectivity index (χ4n) is 2.18. The van der Waals surface area contributed by atoms with E-state index in [-0.39, 0.29) is 0 Å². The second kappa shape index (κ2) is 4.78. The molecule has 2 aromatic heterocycles. The summed E-state index contributed by atoms with van der Waals surface area (Å²) in [5.41, 5.74) is 2.71. The van der Waals surface area contributed by atoms with Gasteiger partial charge in [0.25, 0.3) is 0 Å². The van der Waals surface area contributed by atoms with Crippen LogP contribution in [0.25, 0.3) is 28.4 Å². The van der Waals surface area contributed by atoms with E-state index in [9.17, 15) is 0 Å². The number of rotatable bonds is 2. The molecule has 0 aliphatic carbocycles. The third-order valence-corrected chi connectivity index (χ3v) is 3.62. The van der Waals surface area contributed by atoms with E-state index in [2.05, 4.69) is 41.4 Å². The van der Waals surface area contributed by atoms with Gasteiger partial charge in [-0.25, -0.2) is 4.98 Å². The Balaban J connectivity index is 1.88. The second-order valence-electron chi connectivity index (χ2n) is 4.50. The number of nitrogens with zero attached hydrogens (tertiary/aromatic N) is 5. The molecular weight excluding hydrogens is 332 g/mol. The lowest BCUT2D eigenvalue weighted by Crippen LogP contribution is -2.00. The molecule has 6 nitrogen and oxygen atoms in total. The van der Waals surface area contributed by atoms with Crippen molar-refractivity contribution in [3.05, 3.63) is 53.0 Å². The molecule has 21 heavy (non-hydrogen) atoms. The number of hydrogen-bond donors (Lipinski definition) is 1. The number of benzene rings is 2. The van der Waals surface area contributed by atoms with E-state index in [0.29, 0.717) is 11.6 Å². The molecule has 0 aliphatic rings. The third kappa shape index (κ3) is 2.11. The molecule has 4 aromatic rings. The molecule has 0 unspecified atom stereocenters. The number of H-pyrrole nitrogens is 1. The fourth-order valence-corrected chi connectivity index (χ4v) is 2.56. The van der Waals surface area contributed by atoms with Crippen molar-refractivity contribution in [2.75, 3.05) is 0 Å². The van der Waals surface area contributed by atoms with Gasteiger partial charge < -0.3 is 4.98 Å². The van der Waals surface area contributed by atoms with E-state index in [4.69, 9.17) is 0 Å². The summed E-state index contributed by atoms with van der Waals surface area (Å²) in [5, 5.41) is 11.9. The lowest BCUT2D eigenvalue weighted by Gasteiger charge is -2.02. The number of halogens is 1. The highest BCUT2D eigenvalue weighted by atomic mass is 79.9. The molecule has 0 radical (unpaired) electrons. The fraction of sp³-hybridized carbons (Fsp3) is 0. The summed E-state index contributed by atoms with van der Waals surface area (Å²) >= 11 is 3.45. The van der Waals surface area contributed by atoms with Gasteiger partial charge >= 0.3 is 0 Å². The minimum absolute atomic E-state index is 0.573. The summed E-state index contributed by atoms with van der Waals surface area (Å²) in [7, 11) is 0. The molecule has 0 atom stereocenters. The smallest absolute Gasteiger partial charge is 0.222 e. The Kier molecular flexibility index (Phi) is 2.78. The standard InChI is InChI=1S/C14H9BrN6/c15-9-4-3-5-10(8-9)21-14(18-19-20-21)13-16-11-6-1-2-7-12(11)17-13/h1-8H,(H,16,17). The van der Waals surface area contributed by atoms with Crippen molar-refractivity contribution in [2.45, 2.75) is 0 Å². The number of para-hydroxylation sites is 2. The number of imidazole rings is 1. The highest BCUT2D eigenvalue weighted by Gasteiger charge is 2.14. The molecule has 0 spiro atoms. The first-order chi connectivity index (χ1) is 10.3. The van der Waals surface area contributed by atoms with Gasteiger partial charge in [0.1, 0.15) is 0 Å². The highest BCUT2D eigenvalue weighted by Crippen LogP contribution is 2.21. The topological polar surface area (TPSA) is 72.3 Å². The lowest BCUT2D eigenvalue weighted by atomic mass is 10.3. The second-order valence-corrected chi connectivity index (χ2v) is 5.41. The van der Waals surface area contributed by atoms with Gasteiger partial charge in [0.05, 0.1) is 16.7 Å². The van der Waals surface area contributed by atoms with Gasteiger partial charge in [-0.05, 0) is 40.8 Å². The molecule has 1 N–H and O–H groups in total. The Hall–Kier alpha value is -2.54. The van der Waals surface area contributed by atoms with Crippen LogP contribution in [0.4, 0.5) is 0 Å². The van der Waals surface area contributed by atoms with Crippen LogP contribution in [0, 0.1) is 0 Å². The molecule has 2 aromatic carbocycles. The van der Waals surface area contributed by atoms with Gasteiger partial charge in [-0.2, -0.15) is 4.68 Å². The molecule has 0 saturated carbocycles. The molecule has 0 aliphatic heterocycles. The monoisotopic (exact) mass is 340 g/mol. The maximum absolute atomic E-state index is 4.53. The first-order valence-electron chi connectivity index (χ1n) is 6.31. The van der Waals surface area contributed by atoms with Crippen LogP contribution in [0.3, 0.4) is 0 Å². The quantitative estimate of drug-likeness (QED) is 0.608. The summed E-state index contributed by atoms with van der Waals surface area (Å²) in [4.78, 5) is 7.77. The summed E-state index contributed by atoms with van der Waals surface area (Å²) < 4.78 is 2.62. The van der Waals surface area contributed by atoms with Crippen molar-refractivity contribution in [3.8, 4) is 17.3 Å². The number of aromatic amines is 1. The SMILES string of the molecule is Brc1cccc(-n2nnnc2-c2nc3ccccc3[nH]2)c1. The Morgan fingerprint density at radius 3 is 2.81 bits per heavy atom. The number of hydrogen-bond acceptors (Lipinski definition) is 4. The Morgan fingerprint density at radius 1 is 1.05 bits per heavy atom. The van der Waals surface area contributed by atoms with Crippen LogP contribution >= 0.6 is 15.9 Å². The van der Waals surface area contributed by atoms with Crippen molar-refractivity contribution in [3.63, 3.8) is 0 Å². The van der Waals surface area contributed by atoms with E-state index < -0.39 is 0 Å². The summed E-state index contributed by atoms with van der Waals surface area (Å²) in [6, 6.07) is 15.6. The minimum atomic E-state index is 0.573. The van der Waals surface area contributed by atoms with Crippen LogP contribution in [0.15, 0.2) is 53.0 Å². The lowest BCUT2D eigenvalue weighted by molar-refractivity contribution is 0.790. The molecule has 0 bridgehead atoms. The van der Waals surface area contributed by atoms with Gasteiger partial charge in [0.2, 0.25) is 5.82 Å². The number of tetrazole rings is 1. The Morgan fingerprint density at radius 2 is 1.95 bits per heavy atom. The predicted octanol–water partition coefficient (Wildman–Crippen LogP) is 2.97. The first kappa shape index (κ1) is 12.2. The van der Waals surface area contributed by atoms with Crippen molar-refractivity contribution < 1.29 is 0 Å². The average Bonchev–Trinajstić information content (AvgIpc) is 3.13. The number of fused-ring (bicyclic) bond motifs is 1. The summed E-state index contributed by atoms with van der Waals surface area (Å²) in [5.74, 6) is 1.21. The van der Waals surface area contributed by atoms with Crippen molar-refractivity contribution in [2.24, 2.45) is 0 Å². The molecule has 102 valence electrons. The zero-order valence-corrected chi connectivity index (χ0v) is 12.3. The van der Waals surface area contributed by atoms with E-state index in [1.165, 1.54) is 0 Å².